The van der Waals surface area contributed by atoms with Crippen LogP contribution in [0.5, 0.6) is 5.75 Å². The summed E-state index contributed by atoms with van der Waals surface area (Å²) in [6.45, 7) is 4.08. The van der Waals surface area contributed by atoms with E-state index in [0.717, 1.165) is 5.69 Å². The van der Waals surface area contributed by atoms with Crippen molar-refractivity contribution in [3.05, 3.63) is 63.0 Å². The maximum atomic E-state index is 12.3. The summed E-state index contributed by atoms with van der Waals surface area (Å²) in [6.07, 6.45) is 0. The van der Waals surface area contributed by atoms with Crippen molar-refractivity contribution in [3.8, 4) is 5.75 Å². The fraction of sp³-hybridized carbons (Fsp3) is 0.235. The lowest BCUT2D eigenvalue weighted by Gasteiger charge is -2.09. The maximum absolute atomic E-state index is 12.3. The smallest absolute Gasteiger partial charge is 0.342 e. The van der Waals surface area contributed by atoms with Gasteiger partial charge in [0.15, 0.2) is 4.96 Å². The average Bonchev–Trinajstić information content (AvgIpc) is 2.95. The van der Waals surface area contributed by atoms with E-state index in [2.05, 4.69) is 4.98 Å². The van der Waals surface area contributed by atoms with Crippen LogP contribution in [-0.4, -0.2) is 22.0 Å². The van der Waals surface area contributed by atoms with Crippen LogP contribution in [0.4, 0.5) is 0 Å². The van der Waals surface area contributed by atoms with Crippen molar-refractivity contribution in [2.45, 2.75) is 20.5 Å². The lowest BCUT2D eigenvalue weighted by atomic mass is 10.2. The normalized spacial score (nSPS) is 10.8. The molecule has 1 aromatic carbocycles. The van der Waals surface area contributed by atoms with Gasteiger partial charge in [-0.1, -0.05) is 12.1 Å². The number of thiazole rings is 1. The highest BCUT2D eigenvalue weighted by atomic mass is 32.1. The maximum Gasteiger partial charge on any atom is 0.342 e. The number of aryl methyl sites for hydroxylation is 1. The summed E-state index contributed by atoms with van der Waals surface area (Å²) in [5.41, 5.74) is 1.43. The zero-order valence-corrected chi connectivity index (χ0v) is 14.1. The molecule has 0 aliphatic heterocycles. The Bertz CT molecular complexity index is 945. The number of esters is 1. The van der Waals surface area contributed by atoms with Gasteiger partial charge in [0.05, 0.1) is 12.3 Å². The molecule has 0 saturated carbocycles. The number of rotatable bonds is 5. The topological polar surface area (TPSA) is 69.9 Å². The molecule has 3 aromatic rings. The SMILES string of the molecule is CCOc1ccccc1C(=O)OCc1cc(=O)n2c(C)csc2n1. The number of fused-ring (bicyclic) bond motifs is 1. The molecule has 3 rings (SSSR count). The Hall–Kier alpha value is -2.67. The van der Waals surface area contributed by atoms with Gasteiger partial charge >= 0.3 is 5.97 Å². The van der Waals surface area contributed by atoms with Gasteiger partial charge < -0.3 is 9.47 Å². The number of benzene rings is 1. The number of carbonyl (C=O) groups is 1. The van der Waals surface area contributed by atoms with Crippen LogP contribution in [0.2, 0.25) is 0 Å². The molecule has 6 nitrogen and oxygen atoms in total. The van der Waals surface area contributed by atoms with Crippen molar-refractivity contribution in [2.24, 2.45) is 0 Å². The minimum Gasteiger partial charge on any atom is -0.493 e. The molecule has 0 spiro atoms. The van der Waals surface area contributed by atoms with Crippen LogP contribution >= 0.6 is 11.3 Å². The average molecular weight is 344 g/mol. The monoisotopic (exact) mass is 344 g/mol. The number of hydrogen-bond donors (Lipinski definition) is 0. The van der Waals surface area contributed by atoms with Crippen molar-refractivity contribution < 1.29 is 14.3 Å². The molecular formula is C17H16N2O4S. The summed E-state index contributed by atoms with van der Waals surface area (Å²) in [4.78, 5) is 29.3. The molecule has 0 atom stereocenters. The summed E-state index contributed by atoms with van der Waals surface area (Å²) in [7, 11) is 0. The molecule has 0 unspecified atom stereocenters. The lowest BCUT2D eigenvalue weighted by Crippen LogP contribution is -2.16. The number of carbonyl (C=O) groups excluding carboxylic acids is 1. The Balaban J connectivity index is 1.79. The highest BCUT2D eigenvalue weighted by Gasteiger charge is 2.14. The summed E-state index contributed by atoms with van der Waals surface area (Å²) in [6, 6.07) is 8.27. The minimum atomic E-state index is -0.511. The fourth-order valence-electron chi connectivity index (χ4n) is 2.31. The number of aromatic nitrogens is 2. The molecule has 2 aromatic heterocycles. The van der Waals surface area contributed by atoms with E-state index in [1.54, 1.807) is 24.3 Å². The minimum absolute atomic E-state index is 0.0675. The second-order valence-corrected chi connectivity index (χ2v) is 5.92. The summed E-state index contributed by atoms with van der Waals surface area (Å²) < 4.78 is 12.2. The molecule has 0 fully saturated rings. The first-order valence-electron chi connectivity index (χ1n) is 7.46. The van der Waals surface area contributed by atoms with Crippen LogP contribution in [0.25, 0.3) is 4.96 Å². The Labute approximate surface area is 142 Å². The van der Waals surface area contributed by atoms with Crippen LogP contribution in [-0.2, 0) is 11.3 Å². The van der Waals surface area contributed by atoms with Crippen molar-refractivity contribution in [1.29, 1.82) is 0 Å². The molecule has 124 valence electrons. The first kappa shape index (κ1) is 16.2. The molecule has 0 N–H and O–H groups in total. The van der Waals surface area contributed by atoms with Gasteiger partial charge in [-0.2, -0.15) is 0 Å². The Morgan fingerprint density at radius 2 is 2.12 bits per heavy atom. The van der Waals surface area contributed by atoms with Crippen molar-refractivity contribution in [2.75, 3.05) is 6.61 Å². The number of para-hydroxylation sites is 1. The Morgan fingerprint density at radius 3 is 2.92 bits per heavy atom. The van der Waals surface area contributed by atoms with E-state index in [9.17, 15) is 9.59 Å². The molecule has 24 heavy (non-hydrogen) atoms. The second kappa shape index (κ2) is 6.84. The fourth-order valence-corrected chi connectivity index (χ4v) is 3.20. The molecule has 0 amide bonds. The first-order chi connectivity index (χ1) is 11.6. The summed E-state index contributed by atoms with van der Waals surface area (Å²) >= 11 is 1.37. The third-order valence-corrected chi connectivity index (χ3v) is 4.33. The summed E-state index contributed by atoms with van der Waals surface area (Å²) in [5, 5.41) is 1.86. The highest BCUT2D eigenvalue weighted by molar-refractivity contribution is 7.15. The third kappa shape index (κ3) is 3.16. The Morgan fingerprint density at radius 1 is 1.33 bits per heavy atom. The largest absolute Gasteiger partial charge is 0.493 e. The zero-order chi connectivity index (χ0) is 17.1. The molecule has 0 saturated heterocycles. The number of ether oxygens (including phenoxy) is 2. The standard InChI is InChI=1S/C17H16N2O4S/c1-3-22-14-7-5-4-6-13(14)16(21)23-9-12-8-15(20)19-11(2)10-24-17(19)18-12/h4-8,10H,3,9H2,1-2H3. The predicted octanol–water partition coefficient (Wildman–Crippen LogP) is 2.82. The van der Waals surface area contributed by atoms with Gasteiger partial charge in [0.25, 0.3) is 5.56 Å². The predicted molar refractivity (Wildman–Crippen MR) is 90.8 cm³/mol. The van der Waals surface area contributed by atoms with E-state index in [1.807, 2.05) is 19.2 Å². The van der Waals surface area contributed by atoms with Gasteiger partial charge in [-0.3, -0.25) is 9.20 Å². The highest BCUT2D eigenvalue weighted by Crippen LogP contribution is 2.19. The first-order valence-corrected chi connectivity index (χ1v) is 8.34. The molecule has 7 heteroatoms. The Kier molecular flexibility index (Phi) is 4.61. The van der Waals surface area contributed by atoms with E-state index < -0.39 is 5.97 Å². The lowest BCUT2D eigenvalue weighted by molar-refractivity contribution is 0.0463. The molecule has 0 aliphatic rings. The van der Waals surface area contributed by atoms with Gasteiger partial charge in [-0.25, -0.2) is 9.78 Å². The van der Waals surface area contributed by atoms with Crippen LogP contribution in [0.1, 0.15) is 28.7 Å². The van der Waals surface area contributed by atoms with E-state index in [4.69, 9.17) is 9.47 Å². The molecular weight excluding hydrogens is 328 g/mol. The van der Waals surface area contributed by atoms with Gasteiger partial charge in [0.1, 0.15) is 17.9 Å². The molecule has 2 heterocycles. The second-order valence-electron chi connectivity index (χ2n) is 5.09. The van der Waals surface area contributed by atoms with E-state index in [-0.39, 0.29) is 12.2 Å². The van der Waals surface area contributed by atoms with Gasteiger partial charge in [0.2, 0.25) is 0 Å². The van der Waals surface area contributed by atoms with E-state index in [0.29, 0.717) is 28.6 Å². The van der Waals surface area contributed by atoms with Crippen molar-refractivity contribution >= 4 is 22.3 Å². The molecule has 0 aliphatic carbocycles. The number of nitrogens with zero attached hydrogens (tertiary/aromatic N) is 2. The number of hydrogen-bond acceptors (Lipinski definition) is 6. The molecule has 0 radical (unpaired) electrons. The van der Waals surface area contributed by atoms with E-state index in [1.165, 1.54) is 21.8 Å². The van der Waals surface area contributed by atoms with Crippen molar-refractivity contribution in [3.63, 3.8) is 0 Å². The summed E-state index contributed by atoms with van der Waals surface area (Å²) in [5.74, 6) is -0.0363. The van der Waals surface area contributed by atoms with Gasteiger partial charge in [-0.15, -0.1) is 11.3 Å². The van der Waals surface area contributed by atoms with Crippen LogP contribution in [0.3, 0.4) is 0 Å². The van der Waals surface area contributed by atoms with E-state index >= 15 is 0 Å². The zero-order valence-electron chi connectivity index (χ0n) is 13.3. The van der Waals surface area contributed by atoms with Crippen molar-refractivity contribution in [1.82, 2.24) is 9.38 Å². The third-order valence-electron chi connectivity index (χ3n) is 3.39. The molecule has 0 bridgehead atoms. The van der Waals surface area contributed by atoms with Crippen LogP contribution in [0, 0.1) is 6.92 Å². The van der Waals surface area contributed by atoms with Gasteiger partial charge in [0, 0.05) is 17.1 Å². The van der Waals surface area contributed by atoms with Gasteiger partial charge in [-0.05, 0) is 26.0 Å². The van der Waals surface area contributed by atoms with Crippen LogP contribution in [0.15, 0.2) is 40.5 Å². The van der Waals surface area contributed by atoms with Crippen LogP contribution < -0.4 is 10.3 Å². The quantitative estimate of drug-likeness (QED) is 0.666.